The van der Waals surface area contributed by atoms with Crippen LogP contribution in [-0.2, 0) is 19.7 Å². The van der Waals surface area contributed by atoms with Crippen molar-refractivity contribution in [3.63, 3.8) is 0 Å². The smallest absolute Gasteiger partial charge is 0.309 e. The van der Waals surface area contributed by atoms with E-state index < -0.39 is 15.8 Å². The van der Waals surface area contributed by atoms with E-state index in [1.54, 1.807) is 4.31 Å². The highest BCUT2D eigenvalue weighted by atomic mass is 32.2. The van der Waals surface area contributed by atoms with Gasteiger partial charge in [0.25, 0.3) is 10.2 Å². The molecule has 2 rings (SSSR count). The van der Waals surface area contributed by atoms with Crippen molar-refractivity contribution in [1.82, 2.24) is 8.61 Å². The zero-order valence-electron chi connectivity index (χ0n) is 14.7. The number of hydrogen-bond donors (Lipinski definition) is 0. The number of hydrogen-bond acceptors (Lipinski definition) is 4. The van der Waals surface area contributed by atoms with Crippen LogP contribution in [0.15, 0.2) is 0 Å². The Morgan fingerprint density at radius 1 is 1.04 bits per heavy atom. The summed E-state index contributed by atoms with van der Waals surface area (Å²) >= 11 is 0. The average Bonchev–Trinajstić information content (AvgIpc) is 2.46. The Morgan fingerprint density at radius 2 is 1.65 bits per heavy atom. The van der Waals surface area contributed by atoms with E-state index in [1.165, 1.54) is 4.31 Å². The summed E-state index contributed by atoms with van der Waals surface area (Å²) in [5.74, 6) is -0.402. The molecule has 2 heterocycles. The van der Waals surface area contributed by atoms with Crippen LogP contribution in [0.2, 0.25) is 0 Å². The first-order valence-corrected chi connectivity index (χ1v) is 10.0. The van der Waals surface area contributed by atoms with Crippen LogP contribution in [0.4, 0.5) is 0 Å². The second kappa shape index (κ2) is 7.07. The molecule has 7 heteroatoms. The fourth-order valence-corrected chi connectivity index (χ4v) is 5.16. The van der Waals surface area contributed by atoms with Gasteiger partial charge in [0.1, 0.15) is 5.60 Å². The number of ether oxygens (including phenoxy) is 1. The lowest BCUT2D eigenvalue weighted by molar-refractivity contribution is -0.161. The van der Waals surface area contributed by atoms with Crippen molar-refractivity contribution in [3.05, 3.63) is 0 Å². The molecule has 0 radical (unpaired) electrons. The maximum Gasteiger partial charge on any atom is 0.309 e. The number of nitrogens with zero attached hydrogens (tertiary/aromatic N) is 2. The molecule has 0 spiro atoms. The highest BCUT2D eigenvalue weighted by Crippen LogP contribution is 2.27. The SMILES string of the molecule is C[C@@H]1CCCCN1S(=O)(=O)N1CCC(C(=O)OC(C)(C)C)CC1. The number of piperidine rings is 2. The lowest BCUT2D eigenvalue weighted by atomic mass is 9.98. The summed E-state index contributed by atoms with van der Waals surface area (Å²) < 4.78 is 34.2. The zero-order chi connectivity index (χ0) is 17.3. The highest BCUT2D eigenvalue weighted by Gasteiger charge is 2.38. The van der Waals surface area contributed by atoms with E-state index in [1.807, 2.05) is 27.7 Å². The van der Waals surface area contributed by atoms with Gasteiger partial charge >= 0.3 is 5.97 Å². The Labute approximate surface area is 140 Å². The number of esters is 1. The predicted molar refractivity (Wildman–Crippen MR) is 89.1 cm³/mol. The topological polar surface area (TPSA) is 66.9 Å². The molecular formula is C16H30N2O4S. The van der Waals surface area contributed by atoms with Crippen molar-refractivity contribution >= 4 is 16.2 Å². The van der Waals surface area contributed by atoms with Crippen molar-refractivity contribution in [2.24, 2.45) is 5.92 Å². The number of rotatable bonds is 3. The van der Waals surface area contributed by atoms with Crippen LogP contribution in [0, 0.1) is 5.92 Å². The minimum absolute atomic E-state index is 0.0670. The molecule has 0 unspecified atom stereocenters. The molecule has 0 N–H and O–H groups in total. The summed E-state index contributed by atoms with van der Waals surface area (Å²) in [7, 11) is -3.40. The quantitative estimate of drug-likeness (QED) is 0.735. The van der Waals surface area contributed by atoms with Crippen molar-refractivity contribution < 1.29 is 17.9 Å². The van der Waals surface area contributed by atoms with Crippen LogP contribution in [0.3, 0.4) is 0 Å². The summed E-state index contributed by atoms with van der Waals surface area (Å²) in [5.41, 5.74) is -0.497. The van der Waals surface area contributed by atoms with Crippen LogP contribution in [-0.4, -0.2) is 54.3 Å². The van der Waals surface area contributed by atoms with Crippen molar-refractivity contribution in [1.29, 1.82) is 0 Å². The van der Waals surface area contributed by atoms with Gasteiger partial charge in [0.15, 0.2) is 0 Å². The Bertz CT molecular complexity index is 519. The molecule has 0 bridgehead atoms. The lowest BCUT2D eigenvalue weighted by Gasteiger charge is -2.38. The third-order valence-corrected chi connectivity index (χ3v) is 6.71. The van der Waals surface area contributed by atoms with Gasteiger partial charge in [-0.3, -0.25) is 4.79 Å². The molecule has 0 aromatic rings. The Morgan fingerprint density at radius 3 is 2.17 bits per heavy atom. The fraction of sp³-hybridized carbons (Fsp3) is 0.938. The van der Waals surface area contributed by atoms with Crippen LogP contribution >= 0.6 is 0 Å². The molecule has 0 saturated carbocycles. The van der Waals surface area contributed by atoms with Crippen LogP contribution in [0.1, 0.15) is 59.8 Å². The largest absolute Gasteiger partial charge is 0.460 e. The van der Waals surface area contributed by atoms with Crippen molar-refractivity contribution in [2.45, 2.75) is 71.4 Å². The maximum atomic E-state index is 12.8. The first kappa shape index (κ1) is 18.7. The summed E-state index contributed by atoms with van der Waals surface area (Å²) in [5, 5.41) is 0. The maximum absolute atomic E-state index is 12.8. The van der Waals surface area contributed by atoms with E-state index in [0.717, 1.165) is 19.3 Å². The van der Waals surface area contributed by atoms with E-state index in [2.05, 4.69) is 0 Å². The van der Waals surface area contributed by atoms with Crippen LogP contribution in [0.5, 0.6) is 0 Å². The summed E-state index contributed by atoms with van der Waals surface area (Å²) in [4.78, 5) is 12.1. The van der Waals surface area contributed by atoms with Crippen LogP contribution in [0.25, 0.3) is 0 Å². The number of carbonyl (C=O) groups is 1. The highest BCUT2D eigenvalue weighted by molar-refractivity contribution is 7.86. The molecule has 6 nitrogen and oxygen atoms in total. The van der Waals surface area contributed by atoms with Crippen molar-refractivity contribution in [3.8, 4) is 0 Å². The molecule has 1 atom stereocenters. The van der Waals surface area contributed by atoms with E-state index in [-0.39, 0.29) is 17.9 Å². The average molecular weight is 346 g/mol. The van der Waals surface area contributed by atoms with E-state index in [0.29, 0.717) is 32.5 Å². The summed E-state index contributed by atoms with van der Waals surface area (Å²) in [6, 6.07) is 0.0670. The molecule has 2 aliphatic heterocycles. The Kier molecular flexibility index (Phi) is 5.74. The van der Waals surface area contributed by atoms with Gasteiger partial charge in [0.05, 0.1) is 5.92 Å². The summed E-state index contributed by atoms with van der Waals surface area (Å²) in [6.07, 6.45) is 4.02. The zero-order valence-corrected chi connectivity index (χ0v) is 15.6. The predicted octanol–water partition coefficient (Wildman–Crippen LogP) is 2.16. The third kappa shape index (κ3) is 4.67. The van der Waals surface area contributed by atoms with Crippen molar-refractivity contribution in [2.75, 3.05) is 19.6 Å². The minimum atomic E-state index is -3.40. The van der Waals surface area contributed by atoms with E-state index in [4.69, 9.17) is 4.74 Å². The second-order valence-electron chi connectivity index (χ2n) is 7.67. The monoisotopic (exact) mass is 346 g/mol. The molecule has 2 fully saturated rings. The van der Waals surface area contributed by atoms with Gasteiger partial charge < -0.3 is 4.74 Å². The normalized spacial score (nSPS) is 26.2. The molecule has 134 valence electrons. The number of carbonyl (C=O) groups excluding carboxylic acids is 1. The summed E-state index contributed by atoms with van der Waals surface area (Å²) in [6.45, 7) is 8.93. The van der Waals surface area contributed by atoms with E-state index >= 15 is 0 Å². The van der Waals surface area contributed by atoms with Gasteiger partial charge in [-0.1, -0.05) is 6.42 Å². The molecule has 0 amide bonds. The molecule has 23 heavy (non-hydrogen) atoms. The van der Waals surface area contributed by atoms with Gasteiger partial charge in [-0.25, -0.2) is 0 Å². The van der Waals surface area contributed by atoms with E-state index in [9.17, 15) is 13.2 Å². The van der Waals surface area contributed by atoms with Gasteiger partial charge in [-0.2, -0.15) is 17.0 Å². The minimum Gasteiger partial charge on any atom is -0.460 e. The van der Waals surface area contributed by atoms with Gasteiger partial charge in [-0.15, -0.1) is 0 Å². The van der Waals surface area contributed by atoms with Crippen LogP contribution < -0.4 is 0 Å². The molecule has 0 aliphatic carbocycles. The molecule has 0 aromatic carbocycles. The lowest BCUT2D eigenvalue weighted by Crippen LogP contribution is -2.52. The molecule has 2 aliphatic rings. The first-order chi connectivity index (χ1) is 10.6. The standard InChI is InChI=1S/C16H30N2O4S/c1-13-7-5-6-10-18(13)23(20,21)17-11-8-14(9-12-17)15(19)22-16(2,3)4/h13-14H,5-12H2,1-4H3/t13-/m1/s1. The Hall–Kier alpha value is -0.660. The Balaban J connectivity index is 1.94. The fourth-order valence-electron chi connectivity index (χ4n) is 3.27. The molecule has 2 saturated heterocycles. The van der Waals surface area contributed by atoms with Gasteiger partial charge in [0.2, 0.25) is 0 Å². The molecule has 0 aromatic heterocycles. The molecular weight excluding hydrogens is 316 g/mol. The third-order valence-electron chi connectivity index (χ3n) is 4.56. The van der Waals surface area contributed by atoms with Gasteiger partial charge in [-0.05, 0) is 53.4 Å². The van der Waals surface area contributed by atoms with Gasteiger partial charge in [0, 0.05) is 25.7 Å². The first-order valence-electron chi connectivity index (χ1n) is 8.61. The second-order valence-corrected chi connectivity index (χ2v) is 9.55.